The average molecular weight is 559 g/mol. The van der Waals surface area contributed by atoms with Gasteiger partial charge in [0.05, 0.1) is 13.2 Å². The van der Waals surface area contributed by atoms with E-state index in [1.165, 1.54) is 0 Å². The van der Waals surface area contributed by atoms with Crippen molar-refractivity contribution in [2.45, 2.75) is 99.0 Å². The fraction of sp³-hybridized carbons (Fsp3) is 0.900. The van der Waals surface area contributed by atoms with Gasteiger partial charge in [-0.15, -0.1) is 0 Å². The summed E-state index contributed by atoms with van der Waals surface area (Å²) in [6.45, 7) is -0.569. The Labute approximate surface area is 214 Å². The van der Waals surface area contributed by atoms with Crippen LogP contribution in [0, 0.1) is 0 Å². The number of carboxylic acid groups (broad SMARTS) is 1. The molecule has 3 saturated heterocycles. The van der Waals surface area contributed by atoms with Crippen LogP contribution in [0.4, 0.5) is 0 Å². The van der Waals surface area contributed by atoms with E-state index in [1.807, 2.05) is 0 Å². The van der Waals surface area contributed by atoms with Gasteiger partial charge in [-0.3, -0.25) is 4.79 Å². The molecule has 0 aliphatic carbocycles. The van der Waals surface area contributed by atoms with Crippen molar-refractivity contribution in [2.75, 3.05) is 13.2 Å². The van der Waals surface area contributed by atoms with E-state index in [-0.39, 0.29) is 0 Å². The monoisotopic (exact) mass is 559 g/mol. The van der Waals surface area contributed by atoms with E-state index in [1.54, 1.807) is 0 Å². The van der Waals surface area contributed by atoms with Crippen molar-refractivity contribution >= 4 is 11.9 Å². The van der Waals surface area contributed by atoms with Crippen LogP contribution in [0.1, 0.15) is 6.92 Å². The summed E-state index contributed by atoms with van der Waals surface area (Å²) in [6.07, 6.45) is -25.8. The highest BCUT2D eigenvalue weighted by atomic mass is 16.7. The molecule has 18 nitrogen and oxygen atoms in total. The molecule has 0 aromatic rings. The molecule has 1 amide bonds. The molecule has 15 atom stereocenters. The van der Waals surface area contributed by atoms with E-state index >= 15 is 0 Å². The molecule has 0 saturated carbocycles. The Morgan fingerprint density at radius 1 is 0.711 bits per heavy atom. The summed E-state index contributed by atoms with van der Waals surface area (Å²) in [5.74, 6) is -2.39. The van der Waals surface area contributed by atoms with E-state index in [4.69, 9.17) is 23.7 Å². The molecule has 3 rings (SSSR count). The Morgan fingerprint density at radius 3 is 1.79 bits per heavy atom. The average Bonchev–Trinajstić information content (AvgIpc) is 2.86. The topological polar surface area (TPSA) is 295 Å². The number of aliphatic hydroxyl groups is 9. The number of rotatable bonds is 8. The number of hydrogen-bond acceptors (Lipinski definition) is 16. The molecule has 3 fully saturated rings. The lowest BCUT2D eigenvalue weighted by atomic mass is 9.95. The fourth-order valence-electron chi connectivity index (χ4n) is 4.44. The molecule has 0 radical (unpaired) electrons. The van der Waals surface area contributed by atoms with Crippen LogP contribution in [0.2, 0.25) is 0 Å². The summed E-state index contributed by atoms with van der Waals surface area (Å²) in [5.41, 5.74) is 0. The van der Waals surface area contributed by atoms with Crippen molar-refractivity contribution < 1.29 is 84.3 Å². The first kappa shape index (κ1) is 30.9. The minimum atomic E-state index is -2.06. The lowest BCUT2D eigenvalue weighted by Gasteiger charge is -2.48. The smallest absolute Gasteiger partial charge is 0.335 e. The second kappa shape index (κ2) is 12.7. The molecule has 18 heteroatoms. The standard InChI is InChI=1S/C20H33NO17/c1-4(24)21-7-14(8(25)5(2-22)34-18(7)33)36-20-13(30)15(9(26)6(3-23)35-20)37-19-12(29)10(27)11(28)16(38-19)17(31)32/h5-16,18-20,22-23,25-30,33H,2-3H2,1H3,(H,21,24)(H,31,32)/t5-,6-,7-,8-,9-,10+,11-,12-,13+,14-,15+,16+,18-,19+,20-/m1/s1. The minimum Gasteiger partial charge on any atom is -0.479 e. The predicted octanol–water partition coefficient (Wildman–Crippen LogP) is -7.34. The highest BCUT2D eigenvalue weighted by molar-refractivity contribution is 5.73. The number of carbonyl (C=O) groups excluding carboxylic acids is 1. The van der Waals surface area contributed by atoms with Crippen molar-refractivity contribution in [3.63, 3.8) is 0 Å². The molecule has 0 bridgehead atoms. The largest absolute Gasteiger partial charge is 0.479 e. The Balaban J connectivity index is 1.85. The number of carbonyl (C=O) groups is 2. The molecule has 0 aromatic heterocycles. The number of hydrogen-bond donors (Lipinski definition) is 11. The van der Waals surface area contributed by atoms with Crippen molar-refractivity contribution in [1.29, 1.82) is 0 Å². The number of ether oxygens (including phenoxy) is 5. The van der Waals surface area contributed by atoms with E-state index in [9.17, 15) is 60.7 Å². The molecule has 3 heterocycles. The van der Waals surface area contributed by atoms with Gasteiger partial charge in [-0.1, -0.05) is 0 Å². The number of aliphatic hydroxyl groups excluding tert-OH is 9. The molecular weight excluding hydrogens is 526 g/mol. The molecule has 3 aliphatic heterocycles. The highest BCUT2D eigenvalue weighted by Gasteiger charge is 2.54. The van der Waals surface area contributed by atoms with Gasteiger partial charge in [0, 0.05) is 6.92 Å². The van der Waals surface area contributed by atoms with Crippen molar-refractivity contribution in [3.8, 4) is 0 Å². The van der Waals surface area contributed by atoms with E-state index < -0.39 is 117 Å². The van der Waals surface area contributed by atoms with Gasteiger partial charge < -0.3 is 80.1 Å². The zero-order valence-corrected chi connectivity index (χ0v) is 19.9. The van der Waals surface area contributed by atoms with E-state index in [0.717, 1.165) is 6.92 Å². The minimum absolute atomic E-state index is 0.673. The molecule has 0 spiro atoms. The van der Waals surface area contributed by atoms with Crippen molar-refractivity contribution in [1.82, 2.24) is 5.32 Å². The van der Waals surface area contributed by atoms with E-state index in [0.29, 0.717) is 0 Å². The van der Waals surface area contributed by atoms with Crippen LogP contribution in [0.5, 0.6) is 0 Å². The Hall–Kier alpha value is -1.62. The number of amides is 1. The molecule has 11 N–H and O–H groups in total. The SMILES string of the molecule is CC(=O)N[C@@H]1[C@@H](O[C@H]2O[C@H](CO)[C@@H](O)[C@H](O[C@H]3O[C@H](C(=O)O)[C@H](O)[C@H](O)[C@H]3O)[C@@H]2O)[C@H](O)[C@@H](CO)O[C@H]1O. The normalized spacial score (nSPS) is 47.9. The molecule has 0 unspecified atom stereocenters. The summed E-state index contributed by atoms with van der Waals surface area (Å²) in [6, 6.07) is -1.45. The van der Waals surface area contributed by atoms with Crippen LogP contribution in [-0.4, -0.2) is 168 Å². The Bertz CT molecular complexity index is 818. The van der Waals surface area contributed by atoms with Gasteiger partial charge >= 0.3 is 5.97 Å². The molecule has 38 heavy (non-hydrogen) atoms. The van der Waals surface area contributed by atoms with Gasteiger partial charge in [-0.25, -0.2) is 4.79 Å². The summed E-state index contributed by atoms with van der Waals surface area (Å²) < 4.78 is 26.4. The highest BCUT2D eigenvalue weighted by Crippen LogP contribution is 2.32. The van der Waals surface area contributed by atoms with E-state index in [2.05, 4.69) is 5.32 Å². The van der Waals surface area contributed by atoms with Gasteiger partial charge in [0.2, 0.25) is 5.91 Å². The summed E-state index contributed by atoms with van der Waals surface area (Å²) in [7, 11) is 0. The zero-order chi connectivity index (χ0) is 28.5. The second-order valence-electron chi connectivity index (χ2n) is 9.11. The summed E-state index contributed by atoms with van der Waals surface area (Å²) in [5, 5.41) is 103. The fourth-order valence-corrected chi connectivity index (χ4v) is 4.44. The quantitative estimate of drug-likeness (QED) is 0.132. The molecular formula is C20H33NO17. The summed E-state index contributed by atoms with van der Waals surface area (Å²) in [4.78, 5) is 23.0. The summed E-state index contributed by atoms with van der Waals surface area (Å²) >= 11 is 0. The van der Waals surface area contributed by atoms with Crippen LogP contribution in [0.3, 0.4) is 0 Å². The van der Waals surface area contributed by atoms with Gasteiger partial charge in [0.15, 0.2) is 25.0 Å². The van der Waals surface area contributed by atoms with Gasteiger partial charge in [-0.2, -0.15) is 0 Å². The number of carboxylic acids is 1. The Morgan fingerprint density at radius 2 is 1.24 bits per heavy atom. The maximum absolute atomic E-state index is 11.6. The van der Waals surface area contributed by atoms with Crippen LogP contribution < -0.4 is 5.32 Å². The zero-order valence-electron chi connectivity index (χ0n) is 19.9. The third-order valence-corrected chi connectivity index (χ3v) is 6.46. The molecule has 3 aliphatic rings. The van der Waals surface area contributed by atoms with Gasteiger partial charge in [0.1, 0.15) is 67.1 Å². The maximum atomic E-state index is 11.6. The first-order valence-electron chi connectivity index (χ1n) is 11.6. The molecule has 220 valence electrons. The van der Waals surface area contributed by atoms with Crippen LogP contribution in [0.25, 0.3) is 0 Å². The second-order valence-corrected chi connectivity index (χ2v) is 9.11. The van der Waals surface area contributed by atoms with Crippen molar-refractivity contribution in [3.05, 3.63) is 0 Å². The first-order valence-corrected chi connectivity index (χ1v) is 11.6. The van der Waals surface area contributed by atoms with Gasteiger partial charge in [-0.05, 0) is 0 Å². The van der Waals surface area contributed by atoms with Crippen LogP contribution >= 0.6 is 0 Å². The number of aliphatic carboxylic acids is 1. The molecule has 0 aromatic carbocycles. The lowest BCUT2D eigenvalue weighted by Crippen LogP contribution is -2.68. The number of nitrogens with one attached hydrogen (secondary N) is 1. The maximum Gasteiger partial charge on any atom is 0.335 e. The van der Waals surface area contributed by atoms with Gasteiger partial charge in [0.25, 0.3) is 0 Å². The Kier molecular flexibility index (Phi) is 10.3. The lowest BCUT2D eigenvalue weighted by molar-refractivity contribution is -0.370. The van der Waals surface area contributed by atoms with Crippen LogP contribution in [-0.2, 0) is 33.3 Å². The first-order chi connectivity index (χ1) is 17.8. The van der Waals surface area contributed by atoms with Crippen LogP contribution in [0.15, 0.2) is 0 Å². The third-order valence-electron chi connectivity index (χ3n) is 6.46. The van der Waals surface area contributed by atoms with Crippen molar-refractivity contribution in [2.24, 2.45) is 0 Å². The predicted molar refractivity (Wildman–Crippen MR) is 113 cm³/mol. The third kappa shape index (κ3) is 6.24.